The topological polar surface area (TPSA) is 95.5 Å². The second-order valence-electron chi connectivity index (χ2n) is 6.76. The van der Waals surface area contributed by atoms with Crippen LogP contribution < -0.4 is 10.6 Å². The molecule has 0 aliphatic carbocycles. The number of unbranched alkanes of at least 4 members (excludes halogenated alkanes) is 1. The van der Waals surface area contributed by atoms with Crippen molar-refractivity contribution in [2.45, 2.75) is 50.2 Å². The molecule has 0 bridgehead atoms. The van der Waals surface area contributed by atoms with Crippen LogP contribution in [0, 0.1) is 6.92 Å². The monoisotopic (exact) mass is 414 g/mol. The molecule has 2 rings (SSSR count). The van der Waals surface area contributed by atoms with Crippen molar-refractivity contribution in [2.24, 2.45) is 0 Å². The van der Waals surface area contributed by atoms with Crippen molar-refractivity contribution < 1.29 is 19.5 Å². The van der Waals surface area contributed by atoms with Crippen molar-refractivity contribution in [3.05, 3.63) is 53.6 Å². The van der Waals surface area contributed by atoms with Gasteiger partial charge < -0.3 is 15.7 Å². The highest BCUT2D eigenvalue weighted by Gasteiger charge is 2.16. The predicted octanol–water partition coefficient (Wildman–Crippen LogP) is 4.94. The Morgan fingerprint density at radius 2 is 1.76 bits per heavy atom. The van der Waals surface area contributed by atoms with Gasteiger partial charge in [-0.2, -0.15) is 0 Å². The molecule has 1 unspecified atom stereocenters. The van der Waals surface area contributed by atoms with Gasteiger partial charge in [0, 0.05) is 22.7 Å². The number of amides is 2. The minimum absolute atomic E-state index is 0.000963. The Morgan fingerprint density at radius 3 is 2.38 bits per heavy atom. The highest BCUT2D eigenvalue weighted by Crippen LogP contribution is 2.26. The molecule has 2 amide bonds. The zero-order chi connectivity index (χ0) is 21.4. The number of anilines is 2. The van der Waals surface area contributed by atoms with Crippen molar-refractivity contribution in [3.8, 4) is 0 Å². The number of thioether (sulfide) groups is 1. The van der Waals surface area contributed by atoms with E-state index in [1.54, 1.807) is 13.0 Å². The van der Waals surface area contributed by atoms with Gasteiger partial charge in [0.1, 0.15) is 0 Å². The van der Waals surface area contributed by atoms with Gasteiger partial charge in [0.15, 0.2) is 0 Å². The van der Waals surface area contributed by atoms with Gasteiger partial charge in [-0.15, -0.1) is 11.8 Å². The lowest BCUT2D eigenvalue weighted by Crippen LogP contribution is -2.23. The zero-order valence-corrected chi connectivity index (χ0v) is 17.6. The van der Waals surface area contributed by atoms with E-state index in [9.17, 15) is 14.4 Å². The molecule has 1 atom stereocenters. The van der Waals surface area contributed by atoms with E-state index >= 15 is 0 Å². The van der Waals surface area contributed by atoms with Gasteiger partial charge in [0.2, 0.25) is 11.8 Å². The Balaban J connectivity index is 1.95. The van der Waals surface area contributed by atoms with Crippen LogP contribution in [0.1, 0.15) is 49.0 Å². The van der Waals surface area contributed by atoms with Crippen molar-refractivity contribution >= 4 is 40.9 Å². The van der Waals surface area contributed by atoms with E-state index < -0.39 is 5.97 Å². The number of carbonyl (C=O) groups excluding carboxylic acids is 2. The molecule has 0 aliphatic rings. The largest absolute Gasteiger partial charge is 0.478 e. The van der Waals surface area contributed by atoms with Crippen molar-refractivity contribution in [3.63, 3.8) is 0 Å². The average Bonchev–Trinajstić information content (AvgIpc) is 2.69. The smallest absolute Gasteiger partial charge is 0.335 e. The third-order valence-corrected chi connectivity index (χ3v) is 5.43. The van der Waals surface area contributed by atoms with Crippen LogP contribution in [0.25, 0.3) is 0 Å². The van der Waals surface area contributed by atoms with Crippen LogP contribution in [0.3, 0.4) is 0 Å². The lowest BCUT2D eigenvalue weighted by molar-refractivity contribution is -0.116. The first-order chi connectivity index (χ1) is 13.8. The number of carbonyl (C=O) groups is 3. The summed E-state index contributed by atoms with van der Waals surface area (Å²) in [4.78, 5) is 36.3. The van der Waals surface area contributed by atoms with Crippen molar-refractivity contribution in [1.82, 2.24) is 0 Å². The number of aryl methyl sites for hydroxylation is 1. The molecule has 154 valence electrons. The first-order valence-corrected chi connectivity index (χ1v) is 10.4. The quantitative estimate of drug-likeness (QED) is 0.505. The molecular formula is C22H26N2O4S. The van der Waals surface area contributed by atoms with Crippen LogP contribution in [0.2, 0.25) is 0 Å². The van der Waals surface area contributed by atoms with Crippen LogP contribution >= 0.6 is 11.8 Å². The number of carboxylic acids is 1. The summed E-state index contributed by atoms with van der Waals surface area (Å²) in [6.07, 6.45) is 2.34. The summed E-state index contributed by atoms with van der Waals surface area (Å²) in [5.41, 5.74) is 2.15. The number of hydrogen-bond donors (Lipinski definition) is 3. The SMILES string of the molecule is CCCCC(=O)Nc1ccc(SC(C)C(=O)Nc2cc(C(=O)O)ccc2C)cc1. The molecule has 6 nitrogen and oxygen atoms in total. The summed E-state index contributed by atoms with van der Waals surface area (Å²) < 4.78 is 0. The van der Waals surface area contributed by atoms with E-state index in [-0.39, 0.29) is 22.6 Å². The predicted molar refractivity (Wildman–Crippen MR) is 117 cm³/mol. The van der Waals surface area contributed by atoms with Gasteiger partial charge in [-0.1, -0.05) is 19.4 Å². The maximum atomic E-state index is 12.5. The molecule has 7 heteroatoms. The first-order valence-electron chi connectivity index (χ1n) is 9.51. The van der Waals surface area contributed by atoms with Gasteiger partial charge in [-0.05, 0) is 62.2 Å². The van der Waals surface area contributed by atoms with Crippen LogP contribution in [0.15, 0.2) is 47.4 Å². The molecule has 3 N–H and O–H groups in total. The summed E-state index contributed by atoms with van der Waals surface area (Å²) in [5, 5.41) is 14.4. The van der Waals surface area contributed by atoms with Gasteiger partial charge in [-0.25, -0.2) is 4.79 Å². The fourth-order valence-corrected chi connectivity index (χ4v) is 3.43. The van der Waals surface area contributed by atoms with Crippen LogP contribution in [-0.2, 0) is 9.59 Å². The molecule has 0 aromatic heterocycles. The number of benzene rings is 2. The van der Waals surface area contributed by atoms with E-state index in [4.69, 9.17) is 5.11 Å². The lowest BCUT2D eigenvalue weighted by atomic mass is 10.1. The number of rotatable bonds is 9. The maximum Gasteiger partial charge on any atom is 0.335 e. The summed E-state index contributed by atoms with van der Waals surface area (Å²) in [7, 11) is 0. The van der Waals surface area contributed by atoms with Gasteiger partial charge in [0.05, 0.1) is 10.8 Å². The fourth-order valence-electron chi connectivity index (χ4n) is 2.56. The zero-order valence-electron chi connectivity index (χ0n) is 16.8. The van der Waals surface area contributed by atoms with Gasteiger partial charge in [-0.3, -0.25) is 9.59 Å². The normalized spacial score (nSPS) is 11.6. The lowest BCUT2D eigenvalue weighted by Gasteiger charge is -2.14. The number of carboxylic acid groups (broad SMARTS) is 1. The molecular weight excluding hydrogens is 388 g/mol. The second-order valence-corrected chi connectivity index (χ2v) is 8.17. The van der Waals surface area contributed by atoms with E-state index in [0.717, 1.165) is 29.0 Å². The molecule has 0 saturated carbocycles. The Morgan fingerprint density at radius 1 is 1.07 bits per heavy atom. The molecule has 0 saturated heterocycles. The van der Waals surface area contributed by atoms with Crippen LogP contribution in [0.4, 0.5) is 11.4 Å². The minimum Gasteiger partial charge on any atom is -0.478 e. The number of aromatic carboxylic acids is 1. The number of nitrogens with one attached hydrogen (secondary N) is 2. The van der Waals surface area contributed by atoms with Crippen LogP contribution in [0.5, 0.6) is 0 Å². The molecule has 2 aromatic carbocycles. The molecule has 0 heterocycles. The molecule has 0 spiro atoms. The number of hydrogen-bond acceptors (Lipinski definition) is 4. The third kappa shape index (κ3) is 6.94. The fraction of sp³-hybridized carbons (Fsp3) is 0.318. The third-order valence-electron chi connectivity index (χ3n) is 4.32. The van der Waals surface area contributed by atoms with Gasteiger partial charge >= 0.3 is 5.97 Å². The van der Waals surface area contributed by atoms with Gasteiger partial charge in [0.25, 0.3) is 0 Å². The standard InChI is InChI=1S/C22H26N2O4S/c1-4-5-6-20(25)23-17-9-11-18(12-10-17)29-15(3)21(26)24-19-13-16(22(27)28)8-7-14(19)2/h7-13,15H,4-6H2,1-3H3,(H,23,25)(H,24,26)(H,27,28). The summed E-state index contributed by atoms with van der Waals surface area (Å²) in [6, 6.07) is 12.0. The first kappa shape index (κ1) is 22.5. The Kier molecular flexibility index (Phi) is 8.27. The molecule has 0 aliphatic heterocycles. The molecule has 0 fully saturated rings. The molecule has 0 radical (unpaired) electrons. The van der Waals surface area contributed by atoms with Crippen molar-refractivity contribution in [1.29, 1.82) is 0 Å². The van der Waals surface area contributed by atoms with Crippen LogP contribution in [-0.4, -0.2) is 28.1 Å². The second kappa shape index (κ2) is 10.7. The minimum atomic E-state index is -1.04. The van der Waals surface area contributed by atoms with E-state index in [2.05, 4.69) is 10.6 Å². The van der Waals surface area contributed by atoms with E-state index in [1.165, 1.54) is 23.9 Å². The Labute approximate surface area is 175 Å². The highest BCUT2D eigenvalue weighted by molar-refractivity contribution is 8.00. The van der Waals surface area contributed by atoms with Crippen molar-refractivity contribution in [2.75, 3.05) is 10.6 Å². The molecule has 2 aromatic rings. The average molecular weight is 415 g/mol. The summed E-state index contributed by atoms with van der Waals surface area (Å²) in [6.45, 7) is 5.64. The summed E-state index contributed by atoms with van der Waals surface area (Å²) in [5.74, 6) is -1.25. The Hall–Kier alpha value is -2.80. The summed E-state index contributed by atoms with van der Waals surface area (Å²) >= 11 is 1.39. The van der Waals surface area contributed by atoms with E-state index in [1.807, 2.05) is 38.1 Å². The van der Waals surface area contributed by atoms with E-state index in [0.29, 0.717) is 12.1 Å². The highest BCUT2D eigenvalue weighted by atomic mass is 32.2. The maximum absolute atomic E-state index is 12.5. The molecule has 29 heavy (non-hydrogen) atoms. The Bertz CT molecular complexity index is 881.